The highest BCUT2D eigenvalue weighted by Crippen LogP contribution is 2.26. The lowest BCUT2D eigenvalue weighted by Crippen LogP contribution is -2.28. The summed E-state index contributed by atoms with van der Waals surface area (Å²) >= 11 is 0. The first-order valence-corrected chi connectivity index (χ1v) is 15.4. The fraction of sp³-hybridized carbons (Fsp3) is 0.0270. The normalized spacial score (nSPS) is 10.9. The van der Waals surface area contributed by atoms with E-state index < -0.39 is 12.1 Å². The third-order valence-corrected chi connectivity index (χ3v) is 6.74. The summed E-state index contributed by atoms with van der Waals surface area (Å²) in [5.74, 6) is 0.165. The van der Waals surface area contributed by atoms with Crippen molar-refractivity contribution in [1.29, 1.82) is 0 Å². The molecular weight excluding hydrogens is 664 g/mol. The quantitative estimate of drug-likeness (QED) is 0.0867. The Morgan fingerprint density at radius 3 is 1.29 bits per heavy atom. The van der Waals surface area contributed by atoms with Gasteiger partial charge in [-0.25, -0.2) is 31.3 Å². The van der Waals surface area contributed by atoms with E-state index in [1.165, 1.54) is 24.9 Å². The maximum atomic E-state index is 11.6. The summed E-state index contributed by atoms with van der Waals surface area (Å²) in [6, 6.07) is 27.9. The molecule has 52 heavy (non-hydrogen) atoms. The second kappa shape index (κ2) is 20.1. The lowest BCUT2D eigenvalue weighted by Gasteiger charge is -2.04. The number of urea groups is 2. The summed E-state index contributed by atoms with van der Waals surface area (Å²) in [6.45, 7) is 0. The van der Waals surface area contributed by atoms with Gasteiger partial charge in [0.2, 0.25) is 0 Å². The van der Waals surface area contributed by atoms with Crippen LogP contribution >= 0.6 is 0 Å². The molecule has 6 aromatic rings. The predicted octanol–water partition coefficient (Wildman–Crippen LogP) is 4.82. The molecule has 0 fully saturated rings. The largest absolute Gasteiger partial charge is 0.507 e. The average molecular weight is 699 g/mol. The Morgan fingerprint density at radius 2 is 0.904 bits per heavy atom. The number of aliphatic hydroxyl groups excluding tert-OH is 1. The van der Waals surface area contributed by atoms with Crippen LogP contribution in [0.3, 0.4) is 0 Å². The van der Waals surface area contributed by atoms with Crippen LogP contribution in [0, 0.1) is 0 Å². The summed E-state index contributed by atoms with van der Waals surface area (Å²) in [6.07, 6.45) is 12.2. The lowest BCUT2D eigenvalue weighted by molar-refractivity contribution is 0.241. The van der Waals surface area contributed by atoms with Crippen molar-refractivity contribution < 1.29 is 24.9 Å². The van der Waals surface area contributed by atoms with Crippen molar-refractivity contribution in [2.75, 3.05) is 7.11 Å². The molecule has 0 bridgehead atoms. The molecule has 15 heteroatoms. The minimum Gasteiger partial charge on any atom is -0.507 e. The molecule has 2 heterocycles. The second-order valence-electron chi connectivity index (χ2n) is 10.1. The molecule has 0 aliphatic heterocycles. The number of fused-ring (bicyclic) bond motifs is 2. The van der Waals surface area contributed by atoms with Gasteiger partial charge in [-0.1, -0.05) is 72.8 Å². The molecule has 0 spiro atoms. The number of aromatic nitrogens is 2. The summed E-state index contributed by atoms with van der Waals surface area (Å²) < 4.78 is 0. The van der Waals surface area contributed by atoms with Gasteiger partial charge in [0.05, 0.1) is 24.9 Å². The molecule has 0 unspecified atom stereocenters. The minimum absolute atomic E-state index is 0.0826. The molecule has 0 saturated heterocycles. The zero-order valence-corrected chi connectivity index (χ0v) is 27.7. The van der Waals surface area contributed by atoms with E-state index in [2.05, 4.69) is 52.1 Å². The number of benzene rings is 4. The molecule has 0 saturated carbocycles. The molecule has 15 nitrogen and oxygen atoms in total. The Kier molecular flexibility index (Phi) is 14.4. The summed E-state index contributed by atoms with van der Waals surface area (Å²) in [5, 5.41) is 45.8. The highest BCUT2D eigenvalue weighted by Gasteiger charge is 2.06. The molecule has 6 rings (SSSR count). The van der Waals surface area contributed by atoms with Crippen LogP contribution in [0.2, 0.25) is 0 Å². The van der Waals surface area contributed by atoms with Crippen molar-refractivity contribution >= 4 is 58.5 Å². The van der Waals surface area contributed by atoms with E-state index >= 15 is 0 Å². The van der Waals surface area contributed by atoms with Crippen LogP contribution in [0.25, 0.3) is 21.5 Å². The number of pyridine rings is 2. The summed E-state index contributed by atoms with van der Waals surface area (Å²) in [5.41, 5.74) is 11.7. The number of carbonyl (C=O) groups excluding carboxylic acids is 2. The average Bonchev–Trinajstić information content (AvgIpc) is 3.18. The Bertz CT molecular complexity index is 2040. The first kappa shape index (κ1) is 37.3. The van der Waals surface area contributed by atoms with Crippen LogP contribution in [0.5, 0.6) is 11.5 Å². The maximum absolute atomic E-state index is 11.6. The maximum Gasteiger partial charge on any atom is 0.355 e. The molecule has 0 aliphatic carbocycles. The van der Waals surface area contributed by atoms with Crippen LogP contribution in [-0.4, -0.2) is 69.3 Å². The van der Waals surface area contributed by atoms with Crippen molar-refractivity contribution in [1.82, 2.24) is 31.7 Å². The monoisotopic (exact) mass is 698 g/mol. The molecule has 4 aromatic carbocycles. The van der Waals surface area contributed by atoms with Gasteiger partial charge in [-0.2, -0.15) is 20.4 Å². The molecule has 0 aliphatic rings. The van der Waals surface area contributed by atoms with E-state index in [4.69, 9.17) is 5.11 Å². The first-order valence-electron chi connectivity index (χ1n) is 15.4. The molecule has 262 valence electrons. The van der Waals surface area contributed by atoms with E-state index in [1.807, 2.05) is 60.7 Å². The number of nitrogens with one attached hydrogen (secondary N) is 4. The number of hydrazone groups is 4. The van der Waals surface area contributed by atoms with E-state index in [9.17, 15) is 19.8 Å². The van der Waals surface area contributed by atoms with Gasteiger partial charge in [-0.05, 0) is 45.8 Å². The van der Waals surface area contributed by atoms with Gasteiger partial charge in [0.15, 0.2) is 0 Å². The third kappa shape index (κ3) is 11.3. The van der Waals surface area contributed by atoms with E-state index in [0.29, 0.717) is 11.1 Å². The summed E-state index contributed by atoms with van der Waals surface area (Å²) in [4.78, 5) is 31.2. The third-order valence-electron chi connectivity index (χ3n) is 6.74. The van der Waals surface area contributed by atoms with Crippen LogP contribution in [0.4, 0.5) is 9.59 Å². The molecule has 2 aromatic heterocycles. The molecule has 7 N–H and O–H groups in total. The number of hydrogen-bond donors (Lipinski definition) is 7. The SMILES string of the molecule is CO.O=C(N/N=C/c1cccnc1)N/N=C/c1c(O)ccc2ccccc12.O=C(N/N=C/c1cccnc1)N/N=C/c1c(O)ccc2ccccc12. The van der Waals surface area contributed by atoms with Crippen molar-refractivity contribution in [2.45, 2.75) is 0 Å². The van der Waals surface area contributed by atoms with Gasteiger partial charge in [0.25, 0.3) is 0 Å². The Balaban J connectivity index is 0.000000222. The number of aliphatic hydroxyl groups is 1. The van der Waals surface area contributed by atoms with Gasteiger partial charge >= 0.3 is 12.1 Å². The van der Waals surface area contributed by atoms with Crippen LogP contribution in [-0.2, 0) is 0 Å². The van der Waals surface area contributed by atoms with Crippen molar-refractivity contribution in [3.05, 3.63) is 144 Å². The molecular formula is C37H34N10O5. The Morgan fingerprint density at radius 1 is 0.519 bits per heavy atom. The highest BCUT2D eigenvalue weighted by atomic mass is 16.3. The van der Waals surface area contributed by atoms with Gasteiger partial charge in [0, 0.05) is 54.2 Å². The van der Waals surface area contributed by atoms with Crippen molar-refractivity contribution in [2.24, 2.45) is 20.4 Å². The Hall–Kier alpha value is -7.52. The number of rotatable bonds is 8. The van der Waals surface area contributed by atoms with Gasteiger partial charge in [0.1, 0.15) is 11.5 Å². The highest BCUT2D eigenvalue weighted by molar-refractivity contribution is 6.03. The van der Waals surface area contributed by atoms with E-state index in [0.717, 1.165) is 39.8 Å². The van der Waals surface area contributed by atoms with Crippen LogP contribution in [0.15, 0.2) is 142 Å². The number of phenols is 2. The Labute approximate surface area is 297 Å². The van der Waals surface area contributed by atoms with Crippen molar-refractivity contribution in [3.8, 4) is 11.5 Å². The summed E-state index contributed by atoms with van der Waals surface area (Å²) in [7, 11) is 1.00. The second-order valence-corrected chi connectivity index (χ2v) is 10.1. The number of hydrogen-bond acceptors (Lipinski definition) is 11. The fourth-order valence-electron chi connectivity index (χ4n) is 4.44. The number of aromatic hydroxyl groups is 2. The molecule has 4 amide bonds. The van der Waals surface area contributed by atoms with Gasteiger partial charge in [-0.15, -0.1) is 0 Å². The topological polar surface area (TPSA) is 218 Å². The van der Waals surface area contributed by atoms with E-state index in [1.54, 1.807) is 61.2 Å². The van der Waals surface area contributed by atoms with E-state index in [-0.39, 0.29) is 11.5 Å². The number of carbonyl (C=O) groups is 2. The fourth-order valence-corrected chi connectivity index (χ4v) is 4.44. The molecule has 0 radical (unpaired) electrons. The zero-order valence-electron chi connectivity index (χ0n) is 27.7. The predicted molar refractivity (Wildman–Crippen MR) is 202 cm³/mol. The number of phenolic OH excluding ortho intramolecular Hbond substituents is 2. The minimum atomic E-state index is -0.601. The van der Waals surface area contributed by atoms with Crippen LogP contribution < -0.4 is 21.7 Å². The number of nitrogens with zero attached hydrogens (tertiary/aromatic N) is 6. The zero-order chi connectivity index (χ0) is 37.0. The molecule has 0 atom stereocenters. The smallest absolute Gasteiger partial charge is 0.355 e. The van der Waals surface area contributed by atoms with Gasteiger partial charge in [-0.3, -0.25) is 9.97 Å². The van der Waals surface area contributed by atoms with Crippen LogP contribution in [0.1, 0.15) is 22.3 Å². The standard InChI is InChI=1S/2C18H15N5O2.CH4O/c2*24-17-8-7-14-5-1-2-6-15(14)16(17)12-21-23-18(25)22-20-11-13-4-3-9-19-10-13;1-2/h2*1-12,24H,(H2,22,23,25);2H,1H3/b2*20-11+,21-12+;. The van der Waals surface area contributed by atoms with Gasteiger partial charge < -0.3 is 15.3 Å². The van der Waals surface area contributed by atoms with Crippen molar-refractivity contribution in [3.63, 3.8) is 0 Å². The number of amides is 4. The lowest BCUT2D eigenvalue weighted by atomic mass is 10.0. The first-order chi connectivity index (χ1) is 25.5.